The maximum absolute atomic E-state index is 13.1. The summed E-state index contributed by atoms with van der Waals surface area (Å²) in [7, 11) is 0. The van der Waals surface area contributed by atoms with Crippen molar-refractivity contribution < 1.29 is 9.18 Å². The smallest absolute Gasteiger partial charge is 0.256 e. The highest BCUT2D eigenvalue weighted by atomic mass is 19.1. The normalized spacial score (nSPS) is 10.1. The molecule has 0 fully saturated rings. The van der Waals surface area contributed by atoms with Crippen LogP contribution >= 0.6 is 0 Å². The van der Waals surface area contributed by atoms with Gasteiger partial charge >= 0.3 is 0 Å². The van der Waals surface area contributed by atoms with Gasteiger partial charge in [-0.1, -0.05) is 6.07 Å². The molecular formula is C14H13FN4O. The number of aromatic nitrogens is 2. The number of nitriles is 1. The molecule has 0 saturated carbocycles. The van der Waals surface area contributed by atoms with Crippen LogP contribution in [0.4, 0.5) is 10.2 Å². The van der Waals surface area contributed by atoms with Gasteiger partial charge in [0.15, 0.2) is 0 Å². The van der Waals surface area contributed by atoms with Gasteiger partial charge in [0, 0.05) is 11.6 Å². The molecule has 102 valence electrons. The van der Waals surface area contributed by atoms with Crippen molar-refractivity contribution in [2.24, 2.45) is 0 Å². The highest BCUT2D eigenvalue weighted by molar-refractivity contribution is 6.03. The molecule has 0 radical (unpaired) electrons. The summed E-state index contributed by atoms with van der Waals surface area (Å²) in [6.07, 6.45) is 0.296. The number of benzene rings is 1. The zero-order chi connectivity index (χ0) is 14.5. The number of carbonyl (C=O) groups excluding carboxylic acids is 1. The van der Waals surface area contributed by atoms with Crippen molar-refractivity contribution >= 4 is 11.7 Å². The highest BCUT2D eigenvalue weighted by Gasteiger charge is 2.11. The summed E-state index contributed by atoms with van der Waals surface area (Å²) in [5.74, 6) is -0.388. The van der Waals surface area contributed by atoms with E-state index in [1.807, 2.05) is 6.07 Å². The largest absolute Gasteiger partial charge is 0.307 e. The molecule has 20 heavy (non-hydrogen) atoms. The van der Waals surface area contributed by atoms with Crippen molar-refractivity contribution in [1.29, 1.82) is 5.26 Å². The molecule has 1 amide bonds. The van der Waals surface area contributed by atoms with E-state index >= 15 is 0 Å². The molecule has 2 aromatic rings. The molecule has 0 aliphatic carbocycles. The van der Waals surface area contributed by atoms with Crippen LogP contribution in [-0.4, -0.2) is 15.7 Å². The Labute approximate surface area is 115 Å². The minimum Gasteiger partial charge on any atom is -0.307 e. The van der Waals surface area contributed by atoms with Crippen LogP contribution in [-0.2, 0) is 6.54 Å². The lowest BCUT2D eigenvalue weighted by atomic mass is 10.2. The number of aryl methyl sites for hydroxylation is 2. The van der Waals surface area contributed by atoms with Gasteiger partial charge in [0.25, 0.3) is 5.91 Å². The van der Waals surface area contributed by atoms with Crippen LogP contribution in [0.2, 0.25) is 0 Å². The summed E-state index contributed by atoms with van der Waals surface area (Å²) in [6, 6.07) is 9.17. The topological polar surface area (TPSA) is 70.7 Å². The van der Waals surface area contributed by atoms with Crippen LogP contribution in [0.15, 0.2) is 30.3 Å². The van der Waals surface area contributed by atoms with Gasteiger partial charge in [-0.05, 0) is 25.1 Å². The predicted octanol–water partition coefficient (Wildman–Crippen LogP) is 2.50. The molecule has 2 rings (SSSR count). The van der Waals surface area contributed by atoms with Gasteiger partial charge in [0.05, 0.1) is 24.7 Å². The number of nitrogens with zero attached hydrogens (tertiary/aromatic N) is 3. The number of rotatable bonds is 4. The Balaban J connectivity index is 2.17. The number of halogens is 1. The fourth-order valence-electron chi connectivity index (χ4n) is 1.79. The minimum atomic E-state index is -0.466. The van der Waals surface area contributed by atoms with Gasteiger partial charge in [-0.3, -0.25) is 4.79 Å². The molecule has 1 aromatic heterocycles. The molecule has 0 unspecified atom stereocenters. The monoisotopic (exact) mass is 272 g/mol. The lowest BCUT2D eigenvalue weighted by molar-refractivity contribution is 0.102. The lowest BCUT2D eigenvalue weighted by Gasteiger charge is -2.07. The lowest BCUT2D eigenvalue weighted by Crippen LogP contribution is -2.16. The number of carbonyl (C=O) groups is 1. The Kier molecular flexibility index (Phi) is 4.11. The number of amides is 1. The van der Waals surface area contributed by atoms with Gasteiger partial charge in [-0.25, -0.2) is 9.07 Å². The fraction of sp³-hybridized carbons (Fsp3) is 0.214. The SMILES string of the molecule is Cc1cc(NC(=O)c2cccc(F)c2)n(CCC#N)n1. The third kappa shape index (κ3) is 3.20. The molecule has 0 atom stereocenters. The van der Waals surface area contributed by atoms with Crippen LogP contribution in [0.5, 0.6) is 0 Å². The molecular weight excluding hydrogens is 259 g/mol. The first-order valence-electron chi connectivity index (χ1n) is 6.08. The van der Waals surface area contributed by atoms with Crippen LogP contribution in [0, 0.1) is 24.1 Å². The Morgan fingerprint density at radius 1 is 1.50 bits per heavy atom. The minimum absolute atomic E-state index is 0.232. The first-order chi connectivity index (χ1) is 9.60. The standard InChI is InChI=1S/C14H13FN4O/c1-10-8-13(19(18-10)7-3-6-16)17-14(20)11-4-2-5-12(15)9-11/h2,4-5,8-9H,3,7H2,1H3,(H,17,20). The molecule has 0 spiro atoms. The van der Waals surface area contributed by atoms with Crippen molar-refractivity contribution in [1.82, 2.24) is 9.78 Å². The van der Waals surface area contributed by atoms with Gasteiger partial charge in [0.1, 0.15) is 11.6 Å². The Bertz CT molecular complexity index is 672. The summed E-state index contributed by atoms with van der Waals surface area (Å²) in [6.45, 7) is 2.18. The maximum atomic E-state index is 13.1. The van der Waals surface area contributed by atoms with Crippen LogP contribution in [0.1, 0.15) is 22.5 Å². The maximum Gasteiger partial charge on any atom is 0.256 e. The molecule has 5 nitrogen and oxygen atoms in total. The molecule has 0 aliphatic heterocycles. The fourth-order valence-corrected chi connectivity index (χ4v) is 1.79. The van der Waals surface area contributed by atoms with Crippen LogP contribution in [0.25, 0.3) is 0 Å². The van der Waals surface area contributed by atoms with Gasteiger partial charge < -0.3 is 5.32 Å². The quantitative estimate of drug-likeness (QED) is 0.929. The molecule has 1 heterocycles. The van der Waals surface area contributed by atoms with Gasteiger partial charge in [-0.15, -0.1) is 0 Å². The van der Waals surface area contributed by atoms with Crippen molar-refractivity contribution in [2.45, 2.75) is 19.9 Å². The Morgan fingerprint density at radius 2 is 2.30 bits per heavy atom. The number of anilines is 1. The molecule has 0 saturated heterocycles. The Hall–Kier alpha value is -2.68. The van der Waals surface area contributed by atoms with Gasteiger partial charge in [-0.2, -0.15) is 10.4 Å². The summed E-state index contributed by atoms with van der Waals surface area (Å²) in [4.78, 5) is 12.0. The molecule has 0 bridgehead atoms. The second-order valence-electron chi connectivity index (χ2n) is 4.27. The third-order valence-electron chi connectivity index (χ3n) is 2.67. The highest BCUT2D eigenvalue weighted by Crippen LogP contribution is 2.13. The van der Waals surface area contributed by atoms with E-state index < -0.39 is 11.7 Å². The zero-order valence-electron chi connectivity index (χ0n) is 10.9. The van der Waals surface area contributed by atoms with E-state index in [4.69, 9.17) is 5.26 Å². The zero-order valence-corrected chi connectivity index (χ0v) is 10.9. The molecule has 1 N–H and O–H groups in total. The van der Waals surface area contributed by atoms with Crippen LogP contribution < -0.4 is 5.32 Å². The molecule has 1 aromatic carbocycles. The number of hydrogen-bond acceptors (Lipinski definition) is 3. The second kappa shape index (κ2) is 5.97. The van der Waals surface area contributed by atoms with E-state index in [0.717, 1.165) is 11.8 Å². The van der Waals surface area contributed by atoms with Crippen molar-refractivity contribution in [3.63, 3.8) is 0 Å². The van der Waals surface area contributed by atoms with E-state index in [1.54, 1.807) is 17.7 Å². The van der Waals surface area contributed by atoms with Crippen LogP contribution in [0.3, 0.4) is 0 Å². The van der Waals surface area contributed by atoms with E-state index in [2.05, 4.69) is 10.4 Å². The summed E-state index contributed by atoms with van der Waals surface area (Å²) >= 11 is 0. The van der Waals surface area contributed by atoms with E-state index in [9.17, 15) is 9.18 Å². The van der Waals surface area contributed by atoms with Crippen molar-refractivity contribution in [3.05, 3.63) is 47.4 Å². The average Bonchev–Trinajstić information content (AvgIpc) is 2.76. The van der Waals surface area contributed by atoms with Crippen molar-refractivity contribution in [3.8, 4) is 6.07 Å². The van der Waals surface area contributed by atoms with Gasteiger partial charge in [0.2, 0.25) is 0 Å². The van der Waals surface area contributed by atoms with E-state index in [1.165, 1.54) is 18.2 Å². The summed E-state index contributed by atoms with van der Waals surface area (Å²) in [5.41, 5.74) is 0.966. The molecule has 0 aliphatic rings. The average molecular weight is 272 g/mol. The number of nitrogens with one attached hydrogen (secondary N) is 1. The molecule has 6 heteroatoms. The van der Waals surface area contributed by atoms with E-state index in [0.29, 0.717) is 18.8 Å². The third-order valence-corrected chi connectivity index (χ3v) is 2.67. The summed E-state index contributed by atoms with van der Waals surface area (Å²) in [5, 5.41) is 15.5. The first kappa shape index (κ1) is 13.7. The number of hydrogen-bond donors (Lipinski definition) is 1. The Morgan fingerprint density at radius 3 is 3.00 bits per heavy atom. The van der Waals surface area contributed by atoms with Crippen molar-refractivity contribution in [2.75, 3.05) is 5.32 Å². The predicted molar refractivity (Wildman–Crippen MR) is 71.5 cm³/mol. The summed E-state index contributed by atoms with van der Waals surface area (Å²) < 4.78 is 14.6. The van der Waals surface area contributed by atoms with E-state index in [-0.39, 0.29) is 5.56 Å². The first-order valence-corrected chi connectivity index (χ1v) is 6.08. The second-order valence-corrected chi connectivity index (χ2v) is 4.27.